The van der Waals surface area contributed by atoms with Gasteiger partial charge in [-0.1, -0.05) is 35.5 Å². The maximum atomic E-state index is 12.8. The number of rotatable bonds is 3. The first kappa shape index (κ1) is 17.6. The van der Waals surface area contributed by atoms with Crippen LogP contribution in [-0.2, 0) is 4.74 Å². The van der Waals surface area contributed by atoms with Gasteiger partial charge in [-0.15, -0.1) is 5.10 Å². The van der Waals surface area contributed by atoms with Crippen molar-refractivity contribution in [3.8, 4) is 16.9 Å². The van der Waals surface area contributed by atoms with Crippen LogP contribution >= 0.6 is 0 Å². The summed E-state index contributed by atoms with van der Waals surface area (Å²) in [6.07, 6.45) is 2.82. The number of nitrogens with one attached hydrogen (secondary N) is 1. The molecular weight excluding hydrogens is 366 g/mol. The Morgan fingerprint density at radius 3 is 2.79 bits per heavy atom. The summed E-state index contributed by atoms with van der Waals surface area (Å²) in [6.45, 7) is 3.02. The Hall–Kier alpha value is -3.45. The molecule has 146 valence electrons. The van der Waals surface area contributed by atoms with Gasteiger partial charge in [0.15, 0.2) is 5.43 Å². The van der Waals surface area contributed by atoms with Crippen molar-refractivity contribution < 1.29 is 4.74 Å². The molecule has 7 nitrogen and oxygen atoms in total. The Morgan fingerprint density at radius 1 is 1.00 bits per heavy atom. The molecule has 29 heavy (non-hydrogen) atoms. The molecule has 7 heteroatoms. The summed E-state index contributed by atoms with van der Waals surface area (Å²) in [7, 11) is 0. The molecule has 0 aliphatic carbocycles. The number of anilines is 1. The molecule has 5 rings (SSSR count). The fraction of sp³-hybridized carbons (Fsp3) is 0.227. The third kappa shape index (κ3) is 3.40. The average molecular weight is 387 g/mol. The van der Waals surface area contributed by atoms with Crippen LogP contribution in [0.5, 0.6) is 0 Å². The highest BCUT2D eigenvalue weighted by Crippen LogP contribution is 2.26. The van der Waals surface area contributed by atoms with Crippen LogP contribution in [0, 0.1) is 0 Å². The highest BCUT2D eigenvalue weighted by molar-refractivity contribution is 5.93. The maximum absolute atomic E-state index is 12.8. The van der Waals surface area contributed by atoms with Crippen LogP contribution in [0.3, 0.4) is 0 Å². The third-order valence-electron chi connectivity index (χ3n) is 5.20. The normalized spacial score (nSPS) is 14.8. The van der Waals surface area contributed by atoms with E-state index in [0.29, 0.717) is 17.7 Å². The van der Waals surface area contributed by atoms with Gasteiger partial charge in [-0.05, 0) is 24.6 Å². The zero-order valence-corrected chi connectivity index (χ0v) is 15.9. The monoisotopic (exact) mass is 387 g/mol. The molecule has 2 aromatic heterocycles. The van der Waals surface area contributed by atoms with Gasteiger partial charge < -0.3 is 14.6 Å². The molecule has 0 saturated carbocycles. The van der Waals surface area contributed by atoms with Crippen molar-refractivity contribution in [2.45, 2.75) is 6.42 Å². The number of aromatic nitrogens is 4. The van der Waals surface area contributed by atoms with E-state index in [2.05, 4.69) is 20.2 Å². The lowest BCUT2D eigenvalue weighted by molar-refractivity contribution is 0.152. The minimum Gasteiger partial charge on any atom is -0.380 e. The van der Waals surface area contributed by atoms with Crippen LogP contribution in [-0.4, -0.2) is 46.3 Å². The standard InChI is InChI=1S/C22H21N5O2/c28-20-14-21(26-10-5-12-29-13-11-26)23-22-17(8-4-9-18(20)22)19-15-27(25-24-19)16-6-2-1-3-7-16/h1-4,6-9,14-15H,5,10-13H2,(H,23,28). The molecule has 1 fully saturated rings. The van der Waals surface area contributed by atoms with Gasteiger partial charge in [0, 0.05) is 36.7 Å². The summed E-state index contributed by atoms with van der Waals surface area (Å²) in [5, 5.41) is 9.27. The second-order valence-corrected chi connectivity index (χ2v) is 7.08. The first-order valence-corrected chi connectivity index (χ1v) is 9.76. The number of nitrogens with zero attached hydrogens (tertiary/aromatic N) is 4. The number of fused-ring (bicyclic) bond motifs is 1. The van der Waals surface area contributed by atoms with E-state index in [1.807, 2.05) is 54.7 Å². The van der Waals surface area contributed by atoms with Crippen LogP contribution in [0.1, 0.15) is 6.42 Å². The first-order valence-electron chi connectivity index (χ1n) is 9.76. The zero-order valence-electron chi connectivity index (χ0n) is 15.9. The van der Waals surface area contributed by atoms with Crippen molar-refractivity contribution >= 4 is 16.7 Å². The number of hydrogen-bond acceptors (Lipinski definition) is 5. The van der Waals surface area contributed by atoms with E-state index in [-0.39, 0.29) is 5.43 Å². The summed E-state index contributed by atoms with van der Waals surface area (Å²) in [6, 6.07) is 17.2. The van der Waals surface area contributed by atoms with Gasteiger partial charge in [0.1, 0.15) is 11.5 Å². The Morgan fingerprint density at radius 2 is 1.90 bits per heavy atom. The minimum absolute atomic E-state index is 0.00350. The van der Waals surface area contributed by atoms with E-state index in [4.69, 9.17) is 4.74 Å². The van der Waals surface area contributed by atoms with Crippen LogP contribution in [0.4, 0.5) is 5.82 Å². The maximum Gasteiger partial charge on any atom is 0.191 e. The second kappa shape index (κ2) is 7.52. The van der Waals surface area contributed by atoms with Gasteiger partial charge in [-0.2, -0.15) is 0 Å². The molecule has 3 heterocycles. The predicted octanol–water partition coefficient (Wildman–Crippen LogP) is 3.00. The largest absolute Gasteiger partial charge is 0.380 e. The summed E-state index contributed by atoms with van der Waals surface area (Å²) in [5.41, 5.74) is 3.28. The number of H-pyrrole nitrogens is 1. The van der Waals surface area contributed by atoms with E-state index in [9.17, 15) is 4.79 Å². The molecule has 1 aliphatic heterocycles. The lowest BCUT2D eigenvalue weighted by atomic mass is 10.1. The molecule has 0 bridgehead atoms. The molecule has 0 unspecified atom stereocenters. The van der Waals surface area contributed by atoms with E-state index in [1.165, 1.54) is 0 Å². The fourth-order valence-corrected chi connectivity index (χ4v) is 3.72. The number of benzene rings is 2. The molecule has 2 aromatic carbocycles. The van der Waals surface area contributed by atoms with Crippen molar-refractivity contribution in [2.24, 2.45) is 0 Å². The van der Waals surface area contributed by atoms with Crippen molar-refractivity contribution in [3.63, 3.8) is 0 Å². The summed E-state index contributed by atoms with van der Waals surface area (Å²) in [5.74, 6) is 0.816. The van der Waals surface area contributed by atoms with Crippen molar-refractivity contribution in [1.82, 2.24) is 20.0 Å². The highest BCUT2D eigenvalue weighted by atomic mass is 16.5. The molecule has 0 amide bonds. The molecule has 0 atom stereocenters. The van der Waals surface area contributed by atoms with Crippen molar-refractivity contribution in [1.29, 1.82) is 0 Å². The van der Waals surface area contributed by atoms with Crippen LogP contribution in [0.25, 0.3) is 27.8 Å². The highest BCUT2D eigenvalue weighted by Gasteiger charge is 2.16. The molecule has 0 spiro atoms. The van der Waals surface area contributed by atoms with Crippen LogP contribution < -0.4 is 10.3 Å². The van der Waals surface area contributed by atoms with Crippen LogP contribution in [0.2, 0.25) is 0 Å². The van der Waals surface area contributed by atoms with Crippen molar-refractivity contribution in [3.05, 3.63) is 71.0 Å². The Kier molecular flexibility index (Phi) is 4.57. The minimum atomic E-state index is -0.00350. The second-order valence-electron chi connectivity index (χ2n) is 7.08. The number of ether oxygens (including phenoxy) is 1. The van der Waals surface area contributed by atoms with Gasteiger partial charge >= 0.3 is 0 Å². The van der Waals surface area contributed by atoms with Gasteiger partial charge in [-0.3, -0.25) is 4.79 Å². The Labute approximate surface area is 167 Å². The molecule has 0 radical (unpaired) electrons. The summed E-state index contributed by atoms with van der Waals surface area (Å²) < 4.78 is 7.29. The van der Waals surface area contributed by atoms with Gasteiger partial charge in [0.25, 0.3) is 0 Å². The molecule has 4 aromatic rings. The molecule has 1 N–H and O–H groups in total. The Bertz CT molecular complexity index is 1190. The number of para-hydroxylation sites is 2. The lowest BCUT2D eigenvalue weighted by Crippen LogP contribution is -2.28. The smallest absolute Gasteiger partial charge is 0.191 e. The third-order valence-corrected chi connectivity index (χ3v) is 5.20. The van der Waals surface area contributed by atoms with Crippen molar-refractivity contribution in [2.75, 3.05) is 31.2 Å². The molecule has 1 aliphatic rings. The fourth-order valence-electron chi connectivity index (χ4n) is 3.72. The lowest BCUT2D eigenvalue weighted by Gasteiger charge is -2.22. The van der Waals surface area contributed by atoms with E-state index < -0.39 is 0 Å². The van der Waals surface area contributed by atoms with Crippen LogP contribution in [0.15, 0.2) is 65.6 Å². The van der Waals surface area contributed by atoms with Gasteiger partial charge in [-0.25, -0.2) is 4.68 Å². The summed E-state index contributed by atoms with van der Waals surface area (Å²) >= 11 is 0. The van der Waals surface area contributed by atoms with Gasteiger partial charge in [0.2, 0.25) is 0 Å². The number of pyridine rings is 1. The first-order chi connectivity index (χ1) is 14.3. The predicted molar refractivity (Wildman–Crippen MR) is 113 cm³/mol. The quantitative estimate of drug-likeness (QED) is 0.585. The SMILES string of the molecule is O=c1cc(N2CCCOCC2)[nH]c2c(-c3cn(-c4ccccc4)nn3)cccc12. The Balaban J connectivity index is 1.61. The molecule has 1 saturated heterocycles. The summed E-state index contributed by atoms with van der Waals surface area (Å²) in [4.78, 5) is 18.5. The zero-order chi connectivity index (χ0) is 19.6. The van der Waals surface area contributed by atoms with Gasteiger partial charge in [0.05, 0.1) is 24.0 Å². The van der Waals surface area contributed by atoms with E-state index in [0.717, 1.165) is 48.7 Å². The van der Waals surface area contributed by atoms with E-state index >= 15 is 0 Å². The molecular formula is C22H21N5O2. The van der Waals surface area contributed by atoms with E-state index in [1.54, 1.807) is 10.7 Å². The number of hydrogen-bond donors (Lipinski definition) is 1. The topological polar surface area (TPSA) is 76.0 Å². The number of aromatic amines is 1. The average Bonchev–Trinajstić information content (AvgIpc) is 3.09.